The van der Waals surface area contributed by atoms with Gasteiger partial charge in [0.25, 0.3) is 5.69 Å². The molecule has 3 rings (SSSR count). The fraction of sp³-hybridized carbons (Fsp3) is 0.389. The Balaban J connectivity index is 1.75. The predicted octanol–water partition coefficient (Wildman–Crippen LogP) is 3.38. The van der Waals surface area contributed by atoms with Crippen LogP contribution < -0.4 is 10.2 Å². The van der Waals surface area contributed by atoms with Crippen LogP contribution in [0, 0.1) is 17.0 Å². The average Bonchev–Trinajstić information content (AvgIpc) is 2.68. The lowest BCUT2D eigenvalue weighted by Crippen LogP contribution is -2.39. The van der Waals surface area contributed by atoms with Crippen LogP contribution in [0.2, 0.25) is 0 Å². The molecule has 2 aromatic rings. The number of nitrogens with one attached hydrogen (secondary N) is 1. The Hall–Kier alpha value is -2.82. The molecule has 1 N–H and O–H groups in total. The smallest absolute Gasteiger partial charge is 0.341 e. The van der Waals surface area contributed by atoms with Crippen molar-refractivity contribution in [2.45, 2.75) is 36.5 Å². The molecule has 0 atom stereocenters. The van der Waals surface area contributed by atoms with Gasteiger partial charge in [-0.3, -0.25) is 10.1 Å². The lowest BCUT2D eigenvalue weighted by molar-refractivity contribution is -0.384. The SMILES string of the molecule is Cc1cccc(NC2CCN(c3ccc(S(=O)(=O)C(F)F)cc3[N+](=O)[O-])CC2)n1. The Labute approximate surface area is 166 Å². The van der Waals surface area contributed by atoms with Crippen LogP contribution >= 0.6 is 0 Å². The number of halogens is 2. The number of sulfone groups is 1. The number of rotatable bonds is 6. The Morgan fingerprint density at radius 2 is 1.93 bits per heavy atom. The fourth-order valence-corrected chi connectivity index (χ4v) is 4.03. The molecular weight excluding hydrogens is 406 g/mol. The van der Waals surface area contributed by atoms with Crippen molar-refractivity contribution in [2.24, 2.45) is 0 Å². The van der Waals surface area contributed by atoms with E-state index in [2.05, 4.69) is 10.3 Å². The van der Waals surface area contributed by atoms with E-state index in [0.29, 0.717) is 32.0 Å². The second-order valence-electron chi connectivity index (χ2n) is 6.78. The molecule has 0 bridgehead atoms. The Bertz CT molecular complexity index is 1010. The third-order valence-electron chi connectivity index (χ3n) is 4.78. The normalized spacial score (nSPS) is 15.5. The number of hydrogen-bond donors (Lipinski definition) is 1. The topological polar surface area (TPSA) is 105 Å². The van der Waals surface area contributed by atoms with Crippen LogP contribution in [0.3, 0.4) is 0 Å². The number of anilines is 2. The van der Waals surface area contributed by atoms with Crippen molar-refractivity contribution in [1.82, 2.24) is 4.98 Å². The van der Waals surface area contributed by atoms with E-state index in [4.69, 9.17) is 0 Å². The van der Waals surface area contributed by atoms with E-state index in [-0.39, 0.29) is 11.7 Å². The van der Waals surface area contributed by atoms with E-state index in [1.165, 1.54) is 6.07 Å². The molecule has 0 amide bonds. The fourth-order valence-electron chi connectivity index (χ4n) is 3.29. The number of nitrogens with zero attached hydrogens (tertiary/aromatic N) is 3. The second kappa shape index (κ2) is 8.27. The van der Waals surface area contributed by atoms with Crippen molar-refractivity contribution in [3.8, 4) is 0 Å². The third kappa shape index (κ3) is 4.61. The summed E-state index contributed by atoms with van der Waals surface area (Å²) in [5, 5.41) is 14.8. The number of aromatic nitrogens is 1. The second-order valence-corrected chi connectivity index (χ2v) is 8.70. The Morgan fingerprint density at radius 3 is 2.52 bits per heavy atom. The molecule has 11 heteroatoms. The first-order valence-electron chi connectivity index (χ1n) is 8.94. The highest BCUT2D eigenvalue weighted by atomic mass is 32.2. The molecule has 0 spiro atoms. The molecule has 1 fully saturated rings. The third-order valence-corrected chi connectivity index (χ3v) is 6.16. The minimum Gasteiger partial charge on any atom is -0.367 e. The minimum atomic E-state index is -4.90. The molecule has 1 aromatic carbocycles. The molecule has 0 saturated carbocycles. The molecule has 156 valence electrons. The summed E-state index contributed by atoms with van der Waals surface area (Å²) in [5.41, 5.74) is 0.607. The summed E-state index contributed by atoms with van der Waals surface area (Å²) in [4.78, 5) is 16.1. The molecule has 0 radical (unpaired) electrons. The summed E-state index contributed by atoms with van der Waals surface area (Å²) >= 11 is 0. The van der Waals surface area contributed by atoms with E-state index in [1.807, 2.05) is 25.1 Å². The van der Waals surface area contributed by atoms with Crippen LogP contribution in [0.25, 0.3) is 0 Å². The van der Waals surface area contributed by atoms with Gasteiger partial charge in [0, 0.05) is 30.9 Å². The Morgan fingerprint density at radius 1 is 1.24 bits per heavy atom. The number of piperidine rings is 1. The van der Waals surface area contributed by atoms with Crippen LogP contribution in [0.4, 0.5) is 26.0 Å². The monoisotopic (exact) mass is 426 g/mol. The number of pyridine rings is 1. The predicted molar refractivity (Wildman–Crippen MR) is 104 cm³/mol. The highest BCUT2D eigenvalue weighted by Gasteiger charge is 2.31. The number of benzene rings is 1. The first kappa shape index (κ1) is 20.9. The molecule has 29 heavy (non-hydrogen) atoms. The maximum absolute atomic E-state index is 12.8. The molecule has 0 aliphatic carbocycles. The summed E-state index contributed by atoms with van der Waals surface area (Å²) in [6.07, 6.45) is 1.37. The van der Waals surface area contributed by atoms with Gasteiger partial charge in [-0.2, -0.15) is 8.78 Å². The largest absolute Gasteiger partial charge is 0.367 e. The average molecular weight is 426 g/mol. The van der Waals surface area contributed by atoms with E-state index in [0.717, 1.165) is 17.6 Å². The lowest BCUT2D eigenvalue weighted by atomic mass is 10.0. The minimum absolute atomic E-state index is 0.137. The van der Waals surface area contributed by atoms with Gasteiger partial charge in [0.05, 0.1) is 9.82 Å². The molecule has 8 nitrogen and oxygen atoms in total. The summed E-state index contributed by atoms with van der Waals surface area (Å²) < 4.78 is 48.8. The molecule has 0 unspecified atom stereocenters. The molecular formula is C18H20F2N4O4S. The summed E-state index contributed by atoms with van der Waals surface area (Å²) in [6, 6.07) is 8.72. The van der Waals surface area contributed by atoms with Gasteiger partial charge in [-0.15, -0.1) is 0 Å². The van der Waals surface area contributed by atoms with Crippen LogP contribution in [0.15, 0.2) is 41.3 Å². The Kier molecular flexibility index (Phi) is 5.96. The molecule has 1 aliphatic rings. The zero-order valence-corrected chi connectivity index (χ0v) is 16.4. The summed E-state index contributed by atoms with van der Waals surface area (Å²) in [5.74, 6) is -2.87. The van der Waals surface area contributed by atoms with Crippen LogP contribution in [-0.2, 0) is 9.84 Å². The van der Waals surface area contributed by atoms with Gasteiger partial charge >= 0.3 is 5.76 Å². The highest BCUT2D eigenvalue weighted by molar-refractivity contribution is 7.91. The number of nitro groups is 1. The van der Waals surface area contributed by atoms with Crippen LogP contribution in [0.1, 0.15) is 18.5 Å². The van der Waals surface area contributed by atoms with Gasteiger partial charge in [-0.25, -0.2) is 13.4 Å². The first-order valence-corrected chi connectivity index (χ1v) is 10.5. The highest BCUT2D eigenvalue weighted by Crippen LogP contribution is 2.34. The van der Waals surface area contributed by atoms with E-state index < -0.39 is 31.1 Å². The maximum Gasteiger partial charge on any atom is 0.341 e. The lowest BCUT2D eigenvalue weighted by Gasteiger charge is -2.34. The first-order chi connectivity index (χ1) is 13.7. The van der Waals surface area contributed by atoms with Crippen molar-refractivity contribution in [1.29, 1.82) is 0 Å². The quantitative estimate of drug-likeness (QED) is 0.558. The zero-order chi connectivity index (χ0) is 21.2. The zero-order valence-electron chi connectivity index (χ0n) is 15.6. The van der Waals surface area contributed by atoms with Crippen molar-refractivity contribution >= 4 is 27.0 Å². The van der Waals surface area contributed by atoms with Gasteiger partial charge in [0.1, 0.15) is 11.5 Å². The van der Waals surface area contributed by atoms with Crippen molar-refractivity contribution in [2.75, 3.05) is 23.3 Å². The van der Waals surface area contributed by atoms with Crippen molar-refractivity contribution in [3.05, 3.63) is 52.2 Å². The molecule has 1 aliphatic heterocycles. The van der Waals surface area contributed by atoms with E-state index in [1.54, 1.807) is 4.90 Å². The molecule has 2 heterocycles. The number of hydrogen-bond acceptors (Lipinski definition) is 7. The van der Waals surface area contributed by atoms with E-state index >= 15 is 0 Å². The van der Waals surface area contributed by atoms with Crippen LogP contribution in [0.5, 0.6) is 0 Å². The van der Waals surface area contributed by atoms with Crippen molar-refractivity contribution < 1.29 is 22.1 Å². The van der Waals surface area contributed by atoms with Gasteiger partial charge in [0.2, 0.25) is 9.84 Å². The standard InChI is InChI=1S/C18H20F2N4O4S/c1-12-3-2-4-17(21-12)22-13-7-9-23(10-8-13)15-6-5-14(11-16(15)24(25)26)29(27,28)18(19)20/h2-6,11,13,18H,7-10H2,1H3,(H,21,22). The summed E-state index contributed by atoms with van der Waals surface area (Å²) in [7, 11) is -4.90. The van der Waals surface area contributed by atoms with Gasteiger partial charge in [-0.05, 0) is 44.0 Å². The summed E-state index contributed by atoms with van der Waals surface area (Å²) in [6.45, 7) is 2.88. The molecule has 1 saturated heterocycles. The van der Waals surface area contributed by atoms with Crippen LogP contribution in [-0.4, -0.2) is 43.2 Å². The molecule has 1 aromatic heterocycles. The van der Waals surface area contributed by atoms with Gasteiger partial charge < -0.3 is 10.2 Å². The van der Waals surface area contributed by atoms with E-state index in [9.17, 15) is 27.3 Å². The van der Waals surface area contributed by atoms with Gasteiger partial charge in [0.15, 0.2) is 0 Å². The number of aryl methyl sites for hydroxylation is 1. The number of alkyl halides is 2. The van der Waals surface area contributed by atoms with Crippen molar-refractivity contribution in [3.63, 3.8) is 0 Å². The van der Waals surface area contributed by atoms with Gasteiger partial charge in [-0.1, -0.05) is 6.07 Å². The maximum atomic E-state index is 12.8. The number of nitro benzene ring substituents is 1.